The van der Waals surface area contributed by atoms with Gasteiger partial charge in [0.05, 0.1) is 34.7 Å². The van der Waals surface area contributed by atoms with Crippen LogP contribution in [0, 0.1) is 0 Å². The Morgan fingerprint density at radius 2 is 1.81 bits per heavy atom. The Morgan fingerprint density at radius 3 is 2.42 bits per heavy atom. The van der Waals surface area contributed by atoms with Gasteiger partial charge < -0.3 is 4.74 Å². The fraction of sp³-hybridized carbons (Fsp3) is 0.368. The molecule has 0 aromatic heterocycles. The Labute approximate surface area is 157 Å². The van der Waals surface area contributed by atoms with Crippen molar-refractivity contribution in [3.05, 3.63) is 54.1 Å². The second kappa shape index (κ2) is 9.30. The van der Waals surface area contributed by atoms with Crippen LogP contribution in [0.15, 0.2) is 58.3 Å². The predicted octanol–water partition coefficient (Wildman–Crippen LogP) is 3.55. The number of aryl methyl sites for hydroxylation is 1. The fourth-order valence-electron chi connectivity index (χ4n) is 2.33. The van der Waals surface area contributed by atoms with E-state index in [1.54, 1.807) is 0 Å². The minimum Gasteiger partial charge on any atom is -0.489 e. The molecule has 2 aromatic rings. The van der Waals surface area contributed by atoms with Crippen LogP contribution in [0.3, 0.4) is 0 Å². The normalized spacial score (nSPS) is 14.0. The van der Waals surface area contributed by atoms with Gasteiger partial charge in [-0.15, -0.1) is 0 Å². The first kappa shape index (κ1) is 20.6. The van der Waals surface area contributed by atoms with Gasteiger partial charge in [-0.05, 0) is 43.2 Å². The van der Waals surface area contributed by atoms with E-state index in [1.165, 1.54) is 0 Å². The molecule has 0 radical (unpaired) electrons. The van der Waals surface area contributed by atoms with E-state index in [0.717, 1.165) is 18.2 Å². The zero-order valence-corrected chi connectivity index (χ0v) is 16.8. The number of hydrogen-bond acceptors (Lipinski definition) is 5. The quantitative estimate of drug-likeness (QED) is 0.606. The summed E-state index contributed by atoms with van der Waals surface area (Å²) in [6.07, 6.45) is 1.97. The highest BCUT2D eigenvalue weighted by Gasteiger charge is 2.16. The third-order valence-corrected chi connectivity index (χ3v) is 5.74. The molecule has 0 N–H and O–H groups in total. The van der Waals surface area contributed by atoms with E-state index in [0.29, 0.717) is 22.0 Å². The van der Waals surface area contributed by atoms with Crippen LogP contribution in [-0.2, 0) is 31.5 Å². The molecule has 142 valence electrons. The molecule has 0 spiro atoms. The lowest BCUT2D eigenvalue weighted by Gasteiger charge is -2.18. The highest BCUT2D eigenvalue weighted by atomic mass is 32.2. The van der Waals surface area contributed by atoms with Crippen molar-refractivity contribution in [2.75, 3.05) is 12.9 Å². The number of ether oxygens (including phenoxy) is 1. The predicted molar refractivity (Wildman–Crippen MR) is 102 cm³/mol. The minimum absolute atomic E-state index is 0.0458. The summed E-state index contributed by atoms with van der Waals surface area (Å²) in [7, 11) is -4.82. The summed E-state index contributed by atoms with van der Waals surface area (Å²) in [5.41, 5.74) is 1.07. The lowest BCUT2D eigenvalue weighted by Crippen LogP contribution is -2.17. The molecule has 0 aliphatic rings. The van der Waals surface area contributed by atoms with Crippen molar-refractivity contribution < 1.29 is 21.5 Å². The van der Waals surface area contributed by atoms with Crippen LogP contribution in [0.1, 0.15) is 25.8 Å². The van der Waals surface area contributed by atoms with Crippen molar-refractivity contribution >= 4 is 20.9 Å². The van der Waals surface area contributed by atoms with Crippen LogP contribution in [0.4, 0.5) is 0 Å². The van der Waals surface area contributed by atoms with E-state index >= 15 is 0 Å². The highest BCUT2D eigenvalue weighted by Crippen LogP contribution is 2.29. The first-order chi connectivity index (χ1) is 12.3. The van der Waals surface area contributed by atoms with E-state index < -0.39 is 20.9 Å². The van der Waals surface area contributed by atoms with Crippen molar-refractivity contribution in [1.82, 2.24) is 0 Å². The molecule has 2 aromatic carbocycles. The van der Waals surface area contributed by atoms with Gasteiger partial charge >= 0.3 is 0 Å². The maximum atomic E-state index is 13.0. The second-order valence-electron chi connectivity index (χ2n) is 5.96. The first-order valence-electron chi connectivity index (χ1n) is 8.41. The third kappa shape index (κ3) is 6.23. The van der Waals surface area contributed by atoms with Crippen molar-refractivity contribution in [3.63, 3.8) is 0 Å². The molecule has 2 rings (SSSR count). The van der Waals surface area contributed by atoms with Gasteiger partial charge in [-0.1, -0.05) is 31.2 Å². The van der Waals surface area contributed by atoms with Crippen LogP contribution in [0.5, 0.6) is 5.75 Å². The van der Waals surface area contributed by atoms with Crippen LogP contribution in [-0.4, -0.2) is 31.6 Å². The van der Waals surface area contributed by atoms with Gasteiger partial charge in [0.1, 0.15) is 5.75 Å². The molecule has 7 heteroatoms. The van der Waals surface area contributed by atoms with Crippen molar-refractivity contribution in [1.29, 1.82) is 0 Å². The zero-order valence-electron chi connectivity index (χ0n) is 15.2. The summed E-state index contributed by atoms with van der Waals surface area (Å²) in [6, 6.07) is 14.9. The number of rotatable bonds is 9. The number of hydrogen-bond donors (Lipinski definition) is 0. The summed E-state index contributed by atoms with van der Waals surface area (Å²) >= 11 is 0. The van der Waals surface area contributed by atoms with Crippen molar-refractivity contribution in [3.8, 4) is 5.75 Å². The molecule has 0 heterocycles. The van der Waals surface area contributed by atoms with E-state index in [4.69, 9.17) is 8.92 Å². The maximum absolute atomic E-state index is 13.0. The zero-order chi connectivity index (χ0) is 19.2. The van der Waals surface area contributed by atoms with E-state index in [9.17, 15) is 12.6 Å². The van der Waals surface area contributed by atoms with Crippen LogP contribution in [0.2, 0.25) is 0 Å². The van der Waals surface area contributed by atoms with Gasteiger partial charge in [0.15, 0.2) is 0 Å². The molecule has 0 amide bonds. The van der Waals surface area contributed by atoms with Crippen LogP contribution < -0.4 is 4.74 Å². The summed E-state index contributed by atoms with van der Waals surface area (Å²) in [5, 5.41) is 0. The average Bonchev–Trinajstić information content (AvgIpc) is 2.61. The van der Waals surface area contributed by atoms with Gasteiger partial charge in [-0.2, -0.15) is 8.42 Å². The Bertz CT molecular complexity index is 847. The Balaban J connectivity index is 2.18. The monoisotopic (exact) mass is 396 g/mol. The Kier molecular flexibility index (Phi) is 7.37. The molecular weight excluding hydrogens is 372 g/mol. The molecular formula is C19H24O5S2. The topological polar surface area (TPSA) is 69.7 Å². The average molecular weight is 397 g/mol. The molecule has 0 aliphatic carbocycles. The smallest absolute Gasteiger partial charge is 0.264 e. The maximum Gasteiger partial charge on any atom is 0.264 e. The summed E-state index contributed by atoms with van der Waals surface area (Å²) < 4.78 is 45.8. The third-order valence-electron chi connectivity index (χ3n) is 3.72. The van der Waals surface area contributed by atoms with Gasteiger partial charge in [0, 0.05) is 11.3 Å². The lowest BCUT2D eigenvalue weighted by atomic mass is 10.1. The number of benzene rings is 2. The summed E-state index contributed by atoms with van der Waals surface area (Å²) in [6.45, 7) is 3.91. The first-order valence-corrected chi connectivity index (χ1v) is 11.4. The summed E-state index contributed by atoms with van der Waals surface area (Å²) in [5.74, 6) is 0.538. The molecule has 0 saturated carbocycles. The minimum atomic E-state index is -3.46. The highest BCUT2D eigenvalue weighted by molar-refractivity contribution is 7.86. The van der Waals surface area contributed by atoms with E-state index in [2.05, 4.69) is 0 Å². The van der Waals surface area contributed by atoms with Crippen molar-refractivity contribution in [2.24, 2.45) is 0 Å². The Hall–Kier alpha value is -1.70. The van der Waals surface area contributed by atoms with E-state index in [1.807, 2.05) is 62.4 Å². The fourth-order valence-corrected chi connectivity index (χ4v) is 3.94. The van der Waals surface area contributed by atoms with Crippen molar-refractivity contribution in [2.45, 2.75) is 42.6 Å². The molecule has 5 nitrogen and oxygen atoms in total. The molecule has 2 atom stereocenters. The Morgan fingerprint density at radius 1 is 1.12 bits per heavy atom. The molecule has 0 saturated heterocycles. The summed E-state index contributed by atoms with van der Waals surface area (Å²) in [4.78, 5) is 1.32. The van der Waals surface area contributed by atoms with Gasteiger partial charge in [0.25, 0.3) is 10.1 Å². The van der Waals surface area contributed by atoms with Crippen LogP contribution in [0.25, 0.3) is 0 Å². The standard InChI is InChI=1S/C19H24O5S2/c1-4-16-10-11-18(24-15(2)12-13-23-26(3,21)22)19(14-16)25(20)17-8-6-5-7-9-17/h5-11,14-15H,4,12-13H2,1-3H3. The van der Waals surface area contributed by atoms with Gasteiger partial charge in [-0.25, -0.2) is 4.21 Å². The van der Waals surface area contributed by atoms with Crippen LogP contribution >= 0.6 is 0 Å². The van der Waals surface area contributed by atoms with Gasteiger partial charge in [-0.3, -0.25) is 4.18 Å². The SMILES string of the molecule is CCc1ccc(OC(C)CCOS(C)(=O)=O)c(S(=O)c2ccccc2)c1. The molecule has 0 aliphatic heterocycles. The molecule has 2 unspecified atom stereocenters. The molecule has 26 heavy (non-hydrogen) atoms. The van der Waals surface area contributed by atoms with Gasteiger partial charge in [0.2, 0.25) is 0 Å². The second-order valence-corrected chi connectivity index (χ2v) is 9.05. The molecule has 0 bridgehead atoms. The lowest BCUT2D eigenvalue weighted by molar-refractivity contribution is 0.176. The van der Waals surface area contributed by atoms with E-state index in [-0.39, 0.29) is 12.7 Å². The largest absolute Gasteiger partial charge is 0.489 e. The molecule has 0 fully saturated rings.